The lowest BCUT2D eigenvalue weighted by Crippen LogP contribution is -2.28. The molecule has 0 saturated carbocycles. The summed E-state index contributed by atoms with van der Waals surface area (Å²) in [6.07, 6.45) is 3.45. The molecular weight excluding hydrogens is 258 g/mol. The van der Waals surface area contributed by atoms with Crippen molar-refractivity contribution in [3.05, 3.63) is 17.4 Å². The van der Waals surface area contributed by atoms with E-state index in [1.807, 2.05) is 13.0 Å². The summed E-state index contributed by atoms with van der Waals surface area (Å²) >= 11 is 0. The van der Waals surface area contributed by atoms with E-state index in [0.29, 0.717) is 5.76 Å². The molecule has 0 unspecified atom stereocenters. The number of anilines is 1. The molecule has 1 aliphatic heterocycles. The van der Waals surface area contributed by atoms with Crippen molar-refractivity contribution in [1.29, 1.82) is 0 Å². The van der Waals surface area contributed by atoms with Crippen molar-refractivity contribution in [3.8, 4) is 0 Å². The standard InChI is InChI=1S/C15H21NO4/c1-11-8-14(16-6-4-3-5-7-16)20-13(11)10-19-15(18)9-12(2)17/h8H,3-7,9-10H2,1-2H3. The number of hydrogen-bond donors (Lipinski definition) is 0. The molecule has 20 heavy (non-hydrogen) atoms. The monoisotopic (exact) mass is 279 g/mol. The third kappa shape index (κ3) is 3.85. The van der Waals surface area contributed by atoms with Crippen LogP contribution in [0, 0.1) is 6.92 Å². The van der Waals surface area contributed by atoms with Gasteiger partial charge in [0.2, 0.25) is 0 Å². The summed E-state index contributed by atoms with van der Waals surface area (Å²) in [6.45, 7) is 5.41. The zero-order chi connectivity index (χ0) is 14.5. The highest BCUT2D eigenvalue weighted by Crippen LogP contribution is 2.26. The number of ketones is 1. The first kappa shape index (κ1) is 14.6. The Bertz CT molecular complexity index is 486. The molecule has 0 amide bonds. The van der Waals surface area contributed by atoms with Crippen LogP contribution in [0.4, 0.5) is 5.88 Å². The molecule has 0 radical (unpaired) electrons. The van der Waals surface area contributed by atoms with E-state index in [1.165, 1.54) is 26.2 Å². The SMILES string of the molecule is CC(=O)CC(=O)OCc1oc(N2CCCCC2)cc1C. The zero-order valence-corrected chi connectivity index (χ0v) is 12.1. The number of ether oxygens (including phenoxy) is 1. The Morgan fingerprint density at radius 2 is 2.00 bits per heavy atom. The summed E-state index contributed by atoms with van der Waals surface area (Å²) in [7, 11) is 0. The van der Waals surface area contributed by atoms with Crippen molar-refractivity contribution in [3.63, 3.8) is 0 Å². The van der Waals surface area contributed by atoms with E-state index in [-0.39, 0.29) is 18.8 Å². The Kier molecular flexibility index (Phi) is 4.82. The molecule has 1 saturated heterocycles. The van der Waals surface area contributed by atoms with Gasteiger partial charge in [0.05, 0.1) is 0 Å². The highest BCUT2D eigenvalue weighted by Gasteiger charge is 2.17. The topological polar surface area (TPSA) is 59.8 Å². The minimum Gasteiger partial charge on any atom is -0.457 e. The number of piperidine rings is 1. The molecule has 1 aromatic heterocycles. The molecule has 1 aliphatic rings. The average molecular weight is 279 g/mol. The lowest BCUT2D eigenvalue weighted by Gasteiger charge is -2.25. The van der Waals surface area contributed by atoms with E-state index >= 15 is 0 Å². The van der Waals surface area contributed by atoms with Gasteiger partial charge in [0.15, 0.2) is 5.88 Å². The third-order valence-electron chi connectivity index (χ3n) is 3.43. The largest absolute Gasteiger partial charge is 0.457 e. The molecule has 1 fully saturated rings. The van der Waals surface area contributed by atoms with Crippen LogP contribution in [0.1, 0.15) is 43.9 Å². The van der Waals surface area contributed by atoms with E-state index in [2.05, 4.69) is 4.90 Å². The number of carbonyl (C=O) groups excluding carboxylic acids is 2. The van der Waals surface area contributed by atoms with E-state index in [1.54, 1.807) is 0 Å². The minimum absolute atomic E-state index is 0.0891. The summed E-state index contributed by atoms with van der Waals surface area (Å²) in [5.74, 6) is 0.801. The highest BCUT2D eigenvalue weighted by molar-refractivity contribution is 5.94. The molecule has 0 N–H and O–H groups in total. The van der Waals surface area contributed by atoms with Gasteiger partial charge in [-0.2, -0.15) is 0 Å². The number of hydrogen-bond acceptors (Lipinski definition) is 5. The normalized spacial score (nSPS) is 15.2. The fourth-order valence-corrected chi connectivity index (χ4v) is 2.32. The number of Topliss-reactive ketones (excluding diaryl/α,β-unsaturated/α-hetero) is 1. The number of aryl methyl sites for hydroxylation is 1. The number of carbonyl (C=O) groups is 2. The number of nitrogens with zero attached hydrogens (tertiary/aromatic N) is 1. The summed E-state index contributed by atoms with van der Waals surface area (Å²) < 4.78 is 10.8. The maximum absolute atomic E-state index is 11.4. The highest BCUT2D eigenvalue weighted by atomic mass is 16.5. The van der Waals surface area contributed by atoms with Gasteiger partial charge in [-0.25, -0.2) is 0 Å². The van der Waals surface area contributed by atoms with Crippen molar-refractivity contribution >= 4 is 17.6 Å². The Morgan fingerprint density at radius 3 is 2.65 bits per heavy atom. The fourth-order valence-electron chi connectivity index (χ4n) is 2.32. The minimum atomic E-state index is -0.507. The molecule has 0 aromatic carbocycles. The second kappa shape index (κ2) is 6.59. The van der Waals surface area contributed by atoms with Crippen LogP contribution in [0.25, 0.3) is 0 Å². The second-order valence-corrected chi connectivity index (χ2v) is 5.28. The molecule has 2 rings (SSSR count). The summed E-state index contributed by atoms with van der Waals surface area (Å²) in [5, 5.41) is 0. The van der Waals surface area contributed by atoms with Crippen LogP contribution < -0.4 is 4.90 Å². The van der Waals surface area contributed by atoms with Gasteiger partial charge in [0.25, 0.3) is 0 Å². The lowest BCUT2D eigenvalue weighted by molar-refractivity contribution is -0.147. The Hall–Kier alpha value is -1.78. The first-order valence-electron chi connectivity index (χ1n) is 7.05. The summed E-state index contributed by atoms with van der Waals surface area (Å²) in [4.78, 5) is 24.4. The quantitative estimate of drug-likeness (QED) is 0.612. The number of furan rings is 1. The van der Waals surface area contributed by atoms with E-state index < -0.39 is 5.97 Å². The average Bonchev–Trinajstić information content (AvgIpc) is 2.78. The van der Waals surface area contributed by atoms with Gasteiger partial charge >= 0.3 is 5.97 Å². The number of rotatable bonds is 5. The molecule has 0 bridgehead atoms. The second-order valence-electron chi connectivity index (χ2n) is 5.28. The molecule has 0 aliphatic carbocycles. The first-order valence-corrected chi connectivity index (χ1v) is 7.05. The van der Waals surface area contributed by atoms with Crippen LogP contribution in [0.2, 0.25) is 0 Å². The van der Waals surface area contributed by atoms with Gasteiger partial charge in [-0.3, -0.25) is 9.59 Å². The van der Waals surface area contributed by atoms with Crippen LogP contribution in [0.5, 0.6) is 0 Å². The summed E-state index contributed by atoms with van der Waals surface area (Å²) in [5.41, 5.74) is 0.973. The zero-order valence-electron chi connectivity index (χ0n) is 12.1. The van der Waals surface area contributed by atoms with Gasteiger partial charge in [0, 0.05) is 19.2 Å². The van der Waals surface area contributed by atoms with Crippen LogP contribution >= 0.6 is 0 Å². The lowest BCUT2D eigenvalue weighted by atomic mass is 10.1. The smallest absolute Gasteiger partial charge is 0.313 e. The van der Waals surface area contributed by atoms with E-state index in [9.17, 15) is 9.59 Å². The van der Waals surface area contributed by atoms with Crippen LogP contribution in [-0.4, -0.2) is 24.8 Å². The summed E-state index contributed by atoms with van der Waals surface area (Å²) in [6, 6.07) is 1.99. The van der Waals surface area contributed by atoms with Crippen molar-refractivity contribution in [2.75, 3.05) is 18.0 Å². The van der Waals surface area contributed by atoms with Gasteiger partial charge in [-0.15, -0.1) is 0 Å². The van der Waals surface area contributed by atoms with Crippen molar-refractivity contribution in [1.82, 2.24) is 0 Å². The predicted molar refractivity (Wildman–Crippen MR) is 74.6 cm³/mol. The molecule has 2 heterocycles. The van der Waals surface area contributed by atoms with Gasteiger partial charge in [0.1, 0.15) is 24.6 Å². The van der Waals surface area contributed by atoms with Crippen LogP contribution in [0.3, 0.4) is 0 Å². The molecule has 1 aromatic rings. The third-order valence-corrected chi connectivity index (χ3v) is 3.43. The van der Waals surface area contributed by atoms with E-state index in [4.69, 9.17) is 9.15 Å². The van der Waals surface area contributed by atoms with Crippen LogP contribution in [-0.2, 0) is 20.9 Å². The molecule has 5 nitrogen and oxygen atoms in total. The molecule has 0 spiro atoms. The Morgan fingerprint density at radius 1 is 1.30 bits per heavy atom. The van der Waals surface area contributed by atoms with Crippen molar-refractivity contribution in [2.24, 2.45) is 0 Å². The maximum atomic E-state index is 11.4. The van der Waals surface area contributed by atoms with Crippen molar-refractivity contribution in [2.45, 2.75) is 46.1 Å². The molecule has 5 heteroatoms. The van der Waals surface area contributed by atoms with Gasteiger partial charge < -0.3 is 14.1 Å². The van der Waals surface area contributed by atoms with Crippen LogP contribution in [0.15, 0.2) is 10.5 Å². The molecular formula is C15H21NO4. The Labute approximate surface area is 118 Å². The first-order chi connectivity index (χ1) is 9.56. The Balaban J connectivity index is 1.93. The van der Waals surface area contributed by atoms with E-state index in [0.717, 1.165) is 24.5 Å². The van der Waals surface area contributed by atoms with Crippen molar-refractivity contribution < 1.29 is 18.7 Å². The fraction of sp³-hybridized carbons (Fsp3) is 0.600. The maximum Gasteiger partial charge on any atom is 0.313 e. The van der Waals surface area contributed by atoms with Gasteiger partial charge in [-0.1, -0.05) is 0 Å². The van der Waals surface area contributed by atoms with Gasteiger partial charge in [-0.05, 0) is 38.7 Å². The molecule has 110 valence electrons. The molecule has 0 atom stereocenters. The number of esters is 1. The predicted octanol–water partition coefficient (Wildman–Crippen LogP) is 2.60.